The van der Waals surface area contributed by atoms with Gasteiger partial charge < -0.3 is 5.73 Å². The minimum Gasteiger partial charge on any atom is -0.368 e. The van der Waals surface area contributed by atoms with Gasteiger partial charge in [0.25, 0.3) is 0 Å². The number of rotatable bonds is 1. The molecule has 0 amide bonds. The van der Waals surface area contributed by atoms with Crippen LogP contribution in [0.4, 0.5) is 5.95 Å². The summed E-state index contributed by atoms with van der Waals surface area (Å²) < 4.78 is 1.84. The first-order valence-corrected chi connectivity index (χ1v) is 4.85. The second kappa shape index (κ2) is 3.30. The Hall–Kier alpha value is -2.43. The zero-order valence-corrected chi connectivity index (χ0v) is 8.41. The van der Waals surface area contributed by atoms with E-state index in [0.29, 0.717) is 0 Å². The summed E-state index contributed by atoms with van der Waals surface area (Å²) in [5.74, 6) is 0.274. The lowest BCUT2D eigenvalue weighted by atomic mass is 10.2. The van der Waals surface area contributed by atoms with E-state index in [9.17, 15) is 0 Å². The molecule has 0 aliphatic rings. The lowest BCUT2D eigenvalue weighted by Gasteiger charge is -2.03. The number of anilines is 1. The van der Waals surface area contributed by atoms with Crippen LogP contribution in [0.3, 0.4) is 0 Å². The van der Waals surface area contributed by atoms with Crippen molar-refractivity contribution < 1.29 is 0 Å². The van der Waals surface area contributed by atoms with Gasteiger partial charge in [-0.15, -0.1) is 0 Å². The molecule has 0 aliphatic heterocycles. The topological polar surface area (TPSA) is 69.1 Å². The van der Waals surface area contributed by atoms with Crippen molar-refractivity contribution in [2.45, 2.75) is 0 Å². The molecule has 0 aromatic carbocycles. The van der Waals surface area contributed by atoms with E-state index in [1.54, 1.807) is 18.6 Å². The maximum atomic E-state index is 5.45. The molecule has 0 unspecified atom stereocenters. The van der Waals surface area contributed by atoms with Gasteiger partial charge in [-0.25, -0.2) is 14.5 Å². The summed E-state index contributed by atoms with van der Waals surface area (Å²) in [4.78, 5) is 7.94. The number of hydrogen-bond donors (Lipinski definition) is 1. The molecule has 3 aromatic rings. The smallest absolute Gasteiger partial charge is 0.219 e. The van der Waals surface area contributed by atoms with Crippen LogP contribution in [0.1, 0.15) is 0 Å². The normalized spacial score (nSPS) is 10.8. The number of nitrogens with zero attached hydrogens (tertiary/aromatic N) is 4. The Morgan fingerprint density at radius 3 is 2.69 bits per heavy atom. The molecule has 5 heteroatoms. The largest absolute Gasteiger partial charge is 0.368 e. The van der Waals surface area contributed by atoms with E-state index < -0.39 is 0 Å². The number of fused-ring (bicyclic) bond motifs is 1. The van der Waals surface area contributed by atoms with Gasteiger partial charge in [0, 0.05) is 18.0 Å². The molecule has 5 nitrogen and oxygen atoms in total. The fraction of sp³-hybridized carbons (Fsp3) is 0. The van der Waals surface area contributed by atoms with Crippen molar-refractivity contribution in [2.24, 2.45) is 0 Å². The molecule has 3 heterocycles. The molecule has 2 N–H and O–H groups in total. The molecule has 0 bridgehead atoms. The van der Waals surface area contributed by atoms with Gasteiger partial charge in [0.1, 0.15) is 0 Å². The van der Waals surface area contributed by atoms with Crippen molar-refractivity contribution in [2.75, 3.05) is 5.73 Å². The second-order valence-corrected chi connectivity index (χ2v) is 3.41. The van der Waals surface area contributed by atoms with E-state index in [4.69, 9.17) is 5.73 Å². The van der Waals surface area contributed by atoms with Crippen molar-refractivity contribution in [3.05, 3.63) is 42.9 Å². The summed E-state index contributed by atoms with van der Waals surface area (Å²) in [5, 5.41) is 4.25. The van der Waals surface area contributed by atoms with Gasteiger partial charge in [-0.3, -0.25) is 0 Å². The van der Waals surface area contributed by atoms with E-state index >= 15 is 0 Å². The van der Waals surface area contributed by atoms with Crippen molar-refractivity contribution in [3.63, 3.8) is 0 Å². The van der Waals surface area contributed by atoms with Crippen LogP contribution in [0, 0.1) is 0 Å². The standard InChI is InChI=1S/C11H9N5/c12-11-13-6-8(7-14-11)10-3-1-2-9-4-5-15-16(9)10/h1-7H,(H2,12,13,14). The Labute approximate surface area is 91.6 Å². The van der Waals surface area contributed by atoms with Gasteiger partial charge in [-0.1, -0.05) is 6.07 Å². The first-order chi connectivity index (χ1) is 7.84. The van der Waals surface area contributed by atoms with Crippen molar-refractivity contribution in [1.29, 1.82) is 0 Å². The SMILES string of the molecule is Nc1ncc(-c2cccc3ccnn23)cn1. The van der Waals surface area contributed by atoms with Crippen LogP contribution < -0.4 is 5.73 Å². The quantitative estimate of drug-likeness (QED) is 0.660. The predicted molar refractivity (Wildman–Crippen MR) is 60.6 cm³/mol. The number of hydrogen-bond acceptors (Lipinski definition) is 4. The van der Waals surface area contributed by atoms with Gasteiger partial charge in [0.15, 0.2) is 0 Å². The Morgan fingerprint density at radius 1 is 1.06 bits per heavy atom. The van der Waals surface area contributed by atoms with E-state index in [0.717, 1.165) is 16.8 Å². The third kappa shape index (κ3) is 1.30. The van der Waals surface area contributed by atoms with E-state index in [1.165, 1.54) is 0 Å². The summed E-state index contributed by atoms with van der Waals surface area (Å²) in [5.41, 5.74) is 8.33. The van der Waals surface area contributed by atoms with Gasteiger partial charge in [-0.2, -0.15) is 5.10 Å². The lowest BCUT2D eigenvalue weighted by molar-refractivity contribution is 0.966. The first kappa shape index (κ1) is 8.84. The van der Waals surface area contributed by atoms with Crippen molar-refractivity contribution in [1.82, 2.24) is 19.6 Å². The third-order valence-electron chi connectivity index (χ3n) is 2.39. The Bertz CT molecular complexity index is 626. The number of aromatic nitrogens is 4. The van der Waals surface area contributed by atoms with Crippen LogP contribution in [0.5, 0.6) is 0 Å². The molecule has 78 valence electrons. The molecule has 0 saturated carbocycles. The molecular formula is C11H9N5. The molecule has 3 rings (SSSR count). The molecule has 0 aliphatic carbocycles. The summed E-state index contributed by atoms with van der Waals surface area (Å²) in [6.07, 6.45) is 5.15. The maximum absolute atomic E-state index is 5.45. The van der Waals surface area contributed by atoms with Crippen LogP contribution in [-0.4, -0.2) is 19.6 Å². The molecule has 0 fully saturated rings. The highest BCUT2D eigenvalue weighted by Crippen LogP contribution is 2.18. The van der Waals surface area contributed by atoms with Crippen molar-refractivity contribution in [3.8, 4) is 11.3 Å². The van der Waals surface area contributed by atoms with Crippen LogP contribution in [0.15, 0.2) is 42.9 Å². The van der Waals surface area contributed by atoms with Crippen LogP contribution in [0.2, 0.25) is 0 Å². The molecule has 16 heavy (non-hydrogen) atoms. The minimum atomic E-state index is 0.274. The summed E-state index contributed by atoms with van der Waals surface area (Å²) in [6.45, 7) is 0. The molecule has 0 saturated heterocycles. The monoisotopic (exact) mass is 211 g/mol. The highest BCUT2D eigenvalue weighted by atomic mass is 15.2. The predicted octanol–water partition coefficient (Wildman–Crippen LogP) is 1.37. The Balaban J connectivity index is 2.25. The zero-order chi connectivity index (χ0) is 11.0. The van der Waals surface area contributed by atoms with Gasteiger partial charge in [-0.05, 0) is 18.2 Å². The minimum absolute atomic E-state index is 0.274. The highest BCUT2D eigenvalue weighted by Gasteiger charge is 2.04. The van der Waals surface area contributed by atoms with E-state index in [2.05, 4.69) is 15.1 Å². The number of nitrogen functional groups attached to an aromatic ring is 1. The molecule has 0 radical (unpaired) electrons. The summed E-state index contributed by atoms with van der Waals surface area (Å²) >= 11 is 0. The first-order valence-electron chi connectivity index (χ1n) is 4.85. The summed E-state index contributed by atoms with van der Waals surface area (Å²) in [6, 6.07) is 7.88. The second-order valence-electron chi connectivity index (χ2n) is 3.41. The molecule has 0 spiro atoms. The van der Waals surface area contributed by atoms with Gasteiger partial charge in [0.05, 0.1) is 17.4 Å². The van der Waals surface area contributed by atoms with E-state index in [1.807, 2.05) is 28.8 Å². The van der Waals surface area contributed by atoms with Crippen LogP contribution in [-0.2, 0) is 0 Å². The zero-order valence-electron chi connectivity index (χ0n) is 8.41. The van der Waals surface area contributed by atoms with Gasteiger partial charge in [0.2, 0.25) is 5.95 Å². The number of nitrogens with two attached hydrogens (primary N) is 1. The average Bonchev–Trinajstić information content (AvgIpc) is 2.78. The Kier molecular flexibility index (Phi) is 1.83. The molecule has 0 atom stereocenters. The maximum Gasteiger partial charge on any atom is 0.219 e. The van der Waals surface area contributed by atoms with Crippen LogP contribution >= 0.6 is 0 Å². The third-order valence-corrected chi connectivity index (χ3v) is 2.39. The van der Waals surface area contributed by atoms with Gasteiger partial charge >= 0.3 is 0 Å². The highest BCUT2D eigenvalue weighted by molar-refractivity contribution is 5.63. The van der Waals surface area contributed by atoms with Crippen molar-refractivity contribution >= 4 is 11.5 Å². The summed E-state index contributed by atoms with van der Waals surface area (Å²) in [7, 11) is 0. The Morgan fingerprint density at radius 2 is 1.88 bits per heavy atom. The lowest BCUT2D eigenvalue weighted by Crippen LogP contribution is -1.97. The van der Waals surface area contributed by atoms with Crippen LogP contribution in [0.25, 0.3) is 16.8 Å². The average molecular weight is 211 g/mol. The fourth-order valence-corrected chi connectivity index (χ4v) is 1.64. The number of pyridine rings is 1. The van der Waals surface area contributed by atoms with E-state index in [-0.39, 0.29) is 5.95 Å². The molecular weight excluding hydrogens is 202 g/mol. The fourth-order valence-electron chi connectivity index (χ4n) is 1.64. The molecule has 3 aromatic heterocycles.